The van der Waals surface area contributed by atoms with E-state index in [0.717, 1.165) is 5.69 Å². The Morgan fingerprint density at radius 1 is 1.44 bits per heavy atom. The molecule has 0 bridgehead atoms. The van der Waals surface area contributed by atoms with Crippen molar-refractivity contribution in [3.05, 3.63) is 41.4 Å². The minimum Gasteiger partial charge on any atom is -0.466 e. The Bertz CT molecular complexity index is 375. The first kappa shape index (κ1) is 13.0. The first-order valence-electron chi connectivity index (χ1n) is 4.92. The number of nitrogens with zero attached hydrogens (tertiary/aromatic N) is 1. The van der Waals surface area contributed by atoms with Crippen molar-refractivity contribution in [3.63, 3.8) is 0 Å². The van der Waals surface area contributed by atoms with E-state index in [2.05, 4.69) is 0 Å². The number of hydrogen-bond acceptors (Lipinski definition) is 2. The van der Waals surface area contributed by atoms with Gasteiger partial charge in [-0.3, -0.25) is 0 Å². The predicted molar refractivity (Wildman–Crippen MR) is 73.2 cm³/mol. The molecule has 0 radical (unpaired) electrons. The molecule has 1 aromatic rings. The molecule has 0 aromatic heterocycles. The quantitative estimate of drug-likeness (QED) is 0.604. The summed E-state index contributed by atoms with van der Waals surface area (Å²) in [6.07, 6.45) is 3.83. The highest BCUT2D eigenvalue weighted by atomic mass is 35.5. The van der Waals surface area contributed by atoms with Gasteiger partial charge in [0.2, 0.25) is 0 Å². The number of allylic oxidation sites excluding steroid dienone is 1. The van der Waals surface area contributed by atoms with Crippen molar-refractivity contribution in [2.45, 2.75) is 6.92 Å². The van der Waals surface area contributed by atoms with Crippen LogP contribution in [0, 0.1) is 0 Å². The summed E-state index contributed by atoms with van der Waals surface area (Å²) in [4.78, 5) is 1.80. The molecule has 1 aromatic carbocycles. The van der Waals surface area contributed by atoms with Crippen LogP contribution < -0.4 is 4.90 Å². The van der Waals surface area contributed by atoms with Crippen molar-refractivity contribution in [3.8, 4) is 0 Å². The van der Waals surface area contributed by atoms with Crippen LogP contribution in [-0.2, 0) is 4.74 Å². The lowest BCUT2D eigenvalue weighted by atomic mass is 10.3. The molecule has 0 fully saturated rings. The van der Waals surface area contributed by atoms with E-state index in [0.29, 0.717) is 16.8 Å². The van der Waals surface area contributed by atoms with Gasteiger partial charge in [0.15, 0.2) is 0 Å². The summed E-state index contributed by atoms with van der Waals surface area (Å²) >= 11 is 10.9. The van der Waals surface area contributed by atoms with Crippen molar-refractivity contribution >= 4 is 34.7 Å². The van der Waals surface area contributed by atoms with Gasteiger partial charge in [0.25, 0.3) is 5.17 Å². The second-order valence-electron chi connectivity index (χ2n) is 3.18. The molecule has 0 spiro atoms. The van der Waals surface area contributed by atoms with Crippen molar-refractivity contribution in [1.29, 1.82) is 0 Å². The van der Waals surface area contributed by atoms with E-state index in [-0.39, 0.29) is 0 Å². The van der Waals surface area contributed by atoms with Crippen LogP contribution in [0.5, 0.6) is 0 Å². The van der Waals surface area contributed by atoms with Gasteiger partial charge in [-0.25, -0.2) is 0 Å². The van der Waals surface area contributed by atoms with Crippen molar-refractivity contribution in [2.75, 3.05) is 18.6 Å². The van der Waals surface area contributed by atoms with Crippen LogP contribution in [0.4, 0.5) is 5.69 Å². The Kier molecular flexibility index (Phi) is 5.29. The lowest BCUT2D eigenvalue weighted by molar-refractivity contribution is 0.352. The highest BCUT2D eigenvalue weighted by molar-refractivity contribution is 7.80. The minimum atomic E-state index is 0.445. The van der Waals surface area contributed by atoms with Crippen LogP contribution in [0.15, 0.2) is 36.4 Å². The fourth-order valence-corrected chi connectivity index (χ4v) is 1.38. The summed E-state index contributed by atoms with van der Waals surface area (Å²) < 4.78 is 5.37. The SMILES string of the molecule is C/C=C/COC(=S)N(C)c1ccc(Cl)cc1. The Hall–Kier alpha value is -1.06. The van der Waals surface area contributed by atoms with E-state index in [4.69, 9.17) is 28.6 Å². The third-order valence-electron chi connectivity index (χ3n) is 2.03. The van der Waals surface area contributed by atoms with Crippen molar-refractivity contribution in [1.82, 2.24) is 0 Å². The maximum Gasteiger partial charge on any atom is 0.263 e. The van der Waals surface area contributed by atoms with Crippen LogP contribution in [0.1, 0.15) is 6.92 Å². The van der Waals surface area contributed by atoms with E-state index >= 15 is 0 Å². The molecular weight excluding hydrogens is 242 g/mol. The minimum absolute atomic E-state index is 0.445. The molecule has 0 unspecified atom stereocenters. The molecule has 4 heteroatoms. The maximum atomic E-state index is 5.81. The third-order valence-corrected chi connectivity index (χ3v) is 2.67. The average molecular weight is 256 g/mol. The van der Waals surface area contributed by atoms with Gasteiger partial charge in [-0.05, 0) is 43.4 Å². The van der Waals surface area contributed by atoms with E-state index < -0.39 is 0 Å². The number of halogens is 1. The molecule has 1 rings (SSSR count). The van der Waals surface area contributed by atoms with Crippen molar-refractivity contribution < 1.29 is 4.74 Å². The normalized spacial score (nSPS) is 10.4. The molecule has 0 amide bonds. The van der Waals surface area contributed by atoms with Gasteiger partial charge in [0, 0.05) is 17.8 Å². The largest absolute Gasteiger partial charge is 0.466 e. The number of benzene rings is 1. The molecule has 0 N–H and O–H groups in total. The summed E-state index contributed by atoms with van der Waals surface area (Å²) in [7, 11) is 1.86. The van der Waals surface area contributed by atoms with Crippen LogP contribution in [0.3, 0.4) is 0 Å². The number of thiocarbonyl (C=S) groups is 1. The number of ether oxygens (including phenoxy) is 1. The second-order valence-corrected chi connectivity index (χ2v) is 3.97. The summed E-state index contributed by atoms with van der Waals surface area (Å²) in [5.41, 5.74) is 0.954. The first-order valence-corrected chi connectivity index (χ1v) is 5.71. The highest BCUT2D eigenvalue weighted by Crippen LogP contribution is 2.17. The molecule has 0 aliphatic carbocycles. The monoisotopic (exact) mass is 255 g/mol. The Labute approximate surface area is 106 Å². The third kappa shape index (κ3) is 3.83. The average Bonchev–Trinajstić information content (AvgIpc) is 2.29. The number of rotatable bonds is 3. The van der Waals surface area contributed by atoms with Gasteiger partial charge in [0.05, 0.1) is 0 Å². The topological polar surface area (TPSA) is 12.5 Å². The van der Waals surface area contributed by atoms with Crippen LogP contribution in [-0.4, -0.2) is 18.8 Å². The Balaban J connectivity index is 2.59. The van der Waals surface area contributed by atoms with Crippen LogP contribution >= 0.6 is 23.8 Å². The fourth-order valence-electron chi connectivity index (χ4n) is 1.08. The number of anilines is 1. The Morgan fingerprint density at radius 3 is 2.62 bits per heavy atom. The van der Waals surface area contributed by atoms with Gasteiger partial charge in [-0.15, -0.1) is 0 Å². The van der Waals surface area contributed by atoms with Gasteiger partial charge in [-0.2, -0.15) is 0 Å². The van der Waals surface area contributed by atoms with Crippen molar-refractivity contribution in [2.24, 2.45) is 0 Å². The zero-order valence-electron chi connectivity index (χ0n) is 9.31. The molecular formula is C12H14ClNOS. The summed E-state index contributed by atoms with van der Waals surface area (Å²) in [6.45, 7) is 2.43. The van der Waals surface area contributed by atoms with E-state index in [1.54, 1.807) is 4.90 Å². The molecule has 2 nitrogen and oxygen atoms in total. The molecule has 0 saturated carbocycles. The first-order chi connectivity index (χ1) is 7.65. The summed E-state index contributed by atoms with van der Waals surface area (Å²) in [6, 6.07) is 7.44. The van der Waals surface area contributed by atoms with Gasteiger partial charge < -0.3 is 9.64 Å². The molecule has 0 heterocycles. The molecule has 0 aliphatic heterocycles. The second kappa shape index (κ2) is 6.51. The smallest absolute Gasteiger partial charge is 0.263 e. The van der Waals surface area contributed by atoms with Gasteiger partial charge in [0.1, 0.15) is 6.61 Å². The molecule has 86 valence electrons. The Morgan fingerprint density at radius 2 is 2.06 bits per heavy atom. The highest BCUT2D eigenvalue weighted by Gasteiger charge is 2.06. The number of hydrogen-bond donors (Lipinski definition) is 0. The molecule has 0 aliphatic rings. The molecule has 0 saturated heterocycles. The molecule has 0 atom stereocenters. The van der Waals surface area contributed by atoms with E-state index in [1.807, 2.05) is 50.4 Å². The molecule has 16 heavy (non-hydrogen) atoms. The van der Waals surface area contributed by atoms with Gasteiger partial charge >= 0.3 is 0 Å². The zero-order valence-corrected chi connectivity index (χ0v) is 10.9. The lowest BCUT2D eigenvalue weighted by Crippen LogP contribution is -2.26. The summed E-state index contributed by atoms with van der Waals surface area (Å²) in [5, 5.41) is 1.15. The van der Waals surface area contributed by atoms with E-state index in [9.17, 15) is 0 Å². The summed E-state index contributed by atoms with van der Waals surface area (Å²) in [5.74, 6) is 0. The van der Waals surface area contributed by atoms with Crippen LogP contribution in [0.2, 0.25) is 5.02 Å². The standard InChI is InChI=1S/C12H14ClNOS/c1-3-4-9-15-12(16)14(2)11-7-5-10(13)6-8-11/h3-8H,9H2,1-2H3/b4-3+. The fraction of sp³-hybridized carbons (Fsp3) is 0.250. The lowest BCUT2D eigenvalue weighted by Gasteiger charge is -2.19. The maximum absolute atomic E-state index is 5.81. The van der Waals surface area contributed by atoms with Crippen LogP contribution in [0.25, 0.3) is 0 Å². The zero-order chi connectivity index (χ0) is 12.0. The van der Waals surface area contributed by atoms with E-state index in [1.165, 1.54) is 0 Å². The van der Waals surface area contributed by atoms with Gasteiger partial charge in [-0.1, -0.05) is 23.8 Å². The predicted octanol–water partition coefficient (Wildman–Crippen LogP) is 3.65.